The van der Waals surface area contributed by atoms with Crippen molar-refractivity contribution in [2.45, 2.75) is 19.0 Å². The van der Waals surface area contributed by atoms with Crippen LogP contribution in [0.1, 0.15) is 11.1 Å². The van der Waals surface area contributed by atoms with E-state index in [0.717, 1.165) is 11.1 Å². The molecule has 1 aromatic rings. The van der Waals surface area contributed by atoms with Crippen LogP contribution in [-0.4, -0.2) is 60.1 Å². The maximum Gasteiger partial charge on any atom is 0.326 e. The van der Waals surface area contributed by atoms with Gasteiger partial charge in [-0.2, -0.15) is 0 Å². The molecule has 0 aromatic heterocycles. The molecule has 1 aromatic carbocycles. The van der Waals surface area contributed by atoms with Gasteiger partial charge in [0.05, 0.1) is 0 Å². The van der Waals surface area contributed by atoms with Gasteiger partial charge >= 0.3 is 12.0 Å². The lowest BCUT2D eigenvalue weighted by Crippen LogP contribution is -2.52. The SMILES string of the molecule is CN(C)CCNC(=O)N1Cc2ccccc2CC1C(=O)O. The Bertz CT molecular complexity index is 531. The highest BCUT2D eigenvalue weighted by Crippen LogP contribution is 2.23. The molecule has 1 atom stereocenters. The number of likely N-dealkylation sites (N-methyl/N-ethyl adjacent to an activating group) is 1. The smallest absolute Gasteiger partial charge is 0.326 e. The van der Waals surface area contributed by atoms with Crippen molar-refractivity contribution in [3.63, 3.8) is 0 Å². The van der Waals surface area contributed by atoms with Crippen LogP contribution >= 0.6 is 0 Å². The number of aliphatic carboxylic acids is 1. The van der Waals surface area contributed by atoms with Crippen molar-refractivity contribution in [3.8, 4) is 0 Å². The molecule has 2 rings (SSSR count). The van der Waals surface area contributed by atoms with Crippen LogP contribution in [0.2, 0.25) is 0 Å². The van der Waals surface area contributed by atoms with Gasteiger partial charge in [-0.25, -0.2) is 9.59 Å². The number of carboxylic acid groups (broad SMARTS) is 1. The molecule has 1 aliphatic rings. The van der Waals surface area contributed by atoms with Crippen molar-refractivity contribution in [1.29, 1.82) is 0 Å². The van der Waals surface area contributed by atoms with E-state index in [1.54, 1.807) is 0 Å². The largest absolute Gasteiger partial charge is 0.480 e. The van der Waals surface area contributed by atoms with Crippen LogP contribution < -0.4 is 5.32 Å². The van der Waals surface area contributed by atoms with Gasteiger partial charge in [-0.15, -0.1) is 0 Å². The third-order valence-corrected chi connectivity index (χ3v) is 3.63. The summed E-state index contributed by atoms with van der Waals surface area (Å²) in [6.07, 6.45) is 0.354. The molecular formula is C15H21N3O3. The Hall–Kier alpha value is -2.08. The summed E-state index contributed by atoms with van der Waals surface area (Å²) in [6, 6.07) is 6.53. The lowest BCUT2D eigenvalue weighted by Gasteiger charge is -2.34. The lowest BCUT2D eigenvalue weighted by atomic mass is 9.94. The van der Waals surface area contributed by atoms with E-state index < -0.39 is 12.0 Å². The highest BCUT2D eigenvalue weighted by atomic mass is 16.4. The first kappa shape index (κ1) is 15.3. The Labute approximate surface area is 124 Å². The number of amides is 2. The normalized spacial score (nSPS) is 17.5. The predicted molar refractivity (Wildman–Crippen MR) is 79.1 cm³/mol. The molecule has 0 saturated carbocycles. The second-order valence-corrected chi connectivity index (χ2v) is 5.49. The summed E-state index contributed by atoms with van der Waals surface area (Å²) >= 11 is 0. The number of hydrogen-bond donors (Lipinski definition) is 2. The third-order valence-electron chi connectivity index (χ3n) is 3.63. The van der Waals surface area contributed by atoms with Crippen molar-refractivity contribution in [2.24, 2.45) is 0 Å². The van der Waals surface area contributed by atoms with Crippen molar-refractivity contribution >= 4 is 12.0 Å². The minimum Gasteiger partial charge on any atom is -0.480 e. The minimum absolute atomic E-state index is 0.321. The number of nitrogens with zero attached hydrogens (tertiary/aromatic N) is 2. The molecule has 21 heavy (non-hydrogen) atoms. The molecule has 1 heterocycles. The standard InChI is InChI=1S/C15H21N3O3/c1-17(2)8-7-16-15(21)18-10-12-6-4-3-5-11(12)9-13(18)14(19)20/h3-6,13H,7-10H2,1-2H3,(H,16,21)(H,19,20). The summed E-state index contributed by atoms with van der Waals surface area (Å²) in [7, 11) is 3.84. The molecule has 2 N–H and O–H groups in total. The monoisotopic (exact) mass is 291 g/mol. The molecule has 1 unspecified atom stereocenters. The zero-order valence-corrected chi connectivity index (χ0v) is 12.4. The van der Waals surface area contributed by atoms with Gasteiger partial charge in [0.1, 0.15) is 6.04 Å². The average molecular weight is 291 g/mol. The number of carbonyl (C=O) groups is 2. The maximum atomic E-state index is 12.2. The zero-order chi connectivity index (χ0) is 15.4. The quantitative estimate of drug-likeness (QED) is 0.859. The number of carbonyl (C=O) groups excluding carboxylic acids is 1. The van der Waals surface area contributed by atoms with E-state index >= 15 is 0 Å². The Morgan fingerprint density at radius 1 is 1.33 bits per heavy atom. The fourth-order valence-corrected chi connectivity index (χ4v) is 2.45. The van der Waals surface area contributed by atoms with Crippen LogP contribution in [0.5, 0.6) is 0 Å². The molecule has 0 bridgehead atoms. The van der Waals surface area contributed by atoms with E-state index in [0.29, 0.717) is 26.1 Å². The summed E-state index contributed by atoms with van der Waals surface area (Å²) in [6.45, 7) is 1.55. The lowest BCUT2D eigenvalue weighted by molar-refractivity contribution is -0.142. The van der Waals surface area contributed by atoms with Crippen LogP contribution in [0.3, 0.4) is 0 Å². The van der Waals surface area contributed by atoms with E-state index in [4.69, 9.17) is 0 Å². The molecule has 0 spiro atoms. The van der Waals surface area contributed by atoms with Crippen molar-refractivity contribution in [3.05, 3.63) is 35.4 Å². The summed E-state index contributed by atoms with van der Waals surface area (Å²) < 4.78 is 0. The second-order valence-electron chi connectivity index (χ2n) is 5.49. The van der Waals surface area contributed by atoms with Crippen molar-refractivity contribution in [2.75, 3.05) is 27.2 Å². The number of carboxylic acids is 1. The van der Waals surface area contributed by atoms with Gasteiger partial charge in [0.2, 0.25) is 0 Å². The number of hydrogen-bond acceptors (Lipinski definition) is 3. The van der Waals surface area contributed by atoms with Gasteiger partial charge in [-0.1, -0.05) is 24.3 Å². The van der Waals surface area contributed by atoms with E-state index in [-0.39, 0.29) is 6.03 Å². The molecule has 0 saturated heterocycles. The summed E-state index contributed by atoms with van der Waals surface area (Å²) in [4.78, 5) is 27.0. The topological polar surface area (TPSA) is 72.9 Å². The van der Waals surface area contributed by atoms with Gasteiger partial charge in [-0.3, -0.25) is 0 Å². The maximum absolute atomic E-state index is 12.2. The number of nitrogens with one attached hydrogen (secondary N) is 1. The highest BCUT2D eigenvalue weighted by Gasteiger charge is 2.34. The van der Waals surface area contributed by atoms with Gasteiger partial charge in [0.15, 0.2) is 0 Å². The molecule has 0 radical (unpaired) electrons. The van der Waals surface area contributed by atoms with E-state index in [1.807, 2.05) is 43.3 Å². The van der Waals surface area contributed by atoms with E-state index in [1.165, 1.54) is 4.90 Å². The Morgan fingerprint density at radius 2 is 2.00 bits per heavy atom. The van der Waals surface area contributed by atoms with Crippen LogP contribution in [0.15, 0.2) is 24.3 Å². The third kappa shape index (κ3) is 3.72. The first-order chi connectivity index (χ1) is 9.99. The molecule has 0 fully saturated rings. The highest BCUT2D eigenvalue weighted by molar-refractivity contribution is 5.83. The van der Waals surface area contributed by atoms with Gasteiger partial charge in [0, 0.05) is 26.1 Å². The summed E-state index contributed by atoms with van der Waals surface area (Å²) in [5.41, 5.74) is 2.01. The fraction of sp³-hybridized carbons (Fsp3) is 0.467. The molecule has 114 valence electrons. The molecular weight excluding hydrogens is 270 g/mol. The van der Waals surface area contributed by atoms with Crippen LogP contribution in [0.25, 0.3) is 0 Å². The Kier molecular flexibility index (Phi) is 4.80. The first-order valence-electron chi connectivity index (χ1n) is 6.98. The summed E-state index contributed by atoms with van der Waals surface area (Å²) in [5.74, 6) is -0.965. The van der Waals surface area contributed by atoms with Gasteiger partial charge < -0.3 is 20.2 Å². The number of urea groups is 1. The molecule has 1 aliphatic heterocycles. The van der Waals surface area contributed by atoms with Gasteiger partial charge in [-0.05, 0) is 25.2 Å². The average Bonchev–Trinajstić information content (AvgIpc) is 2.45. The minimum atomic E-state index is -0.965. The number of rotatable bonds is 4. The molecule has 0 aliphatic carbocycles. The Morgan fingerprint density at radius 3 is 2.62 bits per heavy atom. The summed E-state index contributed by atoms with van der Waals surface area (Å²) in [5, 5.41) is 12.1. The van der Waals surface area contributed by atoms with Gasteiger partial charge in [0.25, 0.3) is 0 Å². The van der Waals surface area contributed by atoms with Crippen LogP contribution in [-0.2, 0) is 17.8 Å². The first-order valence-corrected chi connectivity index (χ1v) is 6.98. The van der Waals surface area contributed by atoms with E-state index in [9.17, 15) is 14.7 Å². The van der Waals surface area contributed by atoms with Crippen molar-refractivity contribution < 1.29 is 14.7 Å². The number of fused-ring (bicyclic) bond motifs is 1. The van der Waals surface area contributed by atoms with Crippen molar-refractivity contribution in [1.82, 2.24) is 15.1 Å². The van der Waals surface area contributed by atoms with E-state index in [2.05, 4.69) is 5.32 Å². The van der Waals surface area contributed by atoms with Crippen LogP contribution in [0, 0.1) is 0 Å². The number of benzene rings is 1. The zero-order valence-electron chi connectivity index (χ0n) is 12.4. The fourth-order valence-electron chi connectivity index (χ4n) is 2.45. The Balaban J connectivity index is 2.09. The second kappa shape index (κ2) is 6.58. The van der Waals surface area contributed by atoms with Crippen LogP contribution in [0.4, 0.5) is 4.79 Å². The molecule has 6 nitrogen and oxygen atoms in total. The molecule has 2 amide bonds. The predicted octanol–water partition coefficient (Wildman–Crippen LogP) is 0.769. The molecule has 6 heteroatoms.